The van der Waals surface area contributed by atoms with Crippen LogP contribution in [0.25, 0.3) is 11.4 Å². The van der Waals surface area contributed by atoms with Crippen molar-refractivity contribution in [1.82, 2.24) is 9.97 Å². The molecule has 0 saturated heterocycles. The number of aromatic amines is 1. The Kier molecular flexibility index (Phi) is 3.24. The molecule has 2 N–H and O–H groups in total. The molecule has 0 aliphatic rings. The Bertz CT molecular complexity index is 537. The van der Waals surface area contributed by atoms with Gasteiger partial charge < -0.3 is 14.8 Å². The molecule has 96 valence electrons. The number of H-pyrrole nitrogens is 1. The molecular formula is C11H9F3N2O2. The number of hydrogen-bond donors (Lipinski definition) is 2. The first kappa shape index (κ1) is 12.4. The van der Waals surface area contributed by atoms with Gasteiger partial charge in [-0.05, 0) is 12.1 Å². The molecule has 1 aromatic heterocycles. The number of aliphatic hydroxyl groups is 1. The van der Waals surface area contributed by atoms with Crippen molar-refractivity contribution in [3.05, 3.63) is 36.2 Å². The van der Waals surface area contributed by atoms with Crippen LogP contribution in [-0.2, 0) is 6.61 Å². The van der Waals surface area contributed by atoms with Crippen molar-refractivity contribution in [2.45, 2.75) is 13.0 Å². The Morgan fingerprint density at radius 1 is 1.33 bits per heavy atom. The molecular weight excluding hydrogens is 249 g/mol. The van der Waals surface area contributed by atoms with Crippen molar-refractivity contribution in [3.8, 4) is 17.1 Å². The van der Waals surface area contributed by atoms with E-state index in [1.807, 2.05) is 0 Å². The molecule has 1 aromatic carbocycles. The molecule has 4 nitrogen and oxygen atoms in total. The van der Waals surface area contributed by atoms with E-state index in [1.54, 1.807) is 6.07 Å². The molecule has 2 aromatic rings. The van der Waals surface area contributed by atoms with Gasteiger partial charge >= 0.3 is 6.36 Å². The zero-order valence-corrected chi connectivity index (χ0v) is 9.03. The average Bonchev–Trinajstić information content (AvgIpc) is 2.75. The molecule has 0 amide bonds. The second-order valence-electron chi connectivity index (χ2n) is 3.49. The minimum Gasteiger partial charge on any atom is -0.406 e. The van der Waals surface area contributed by atoms with Crippen molar-refractivity contribution in [3.63, 3.8) is 0 Å². The van der Waals surface area contributed by atoms with E-state index in [-0.39, 0.29) is 12.4 Å². The highest BCUT2D eigenvalue weighted by molar-refractivity contribution is 5.57. The third-order valence-corrected chi connectivity index (χ3v) is 2.14. The number of benzene rings is 1. The van der Waals surface area contributed by atoms with Gasteiger partial charge in [0.2, 0.25) is 0 Å². The van der Waals surface area contributed by atoms with Crippen molar-refractivity contribution in [1.29, 1.82) is 0 Å². The molecule has 0 aliphatic carbocycles. The molecule has 2 rings (SSSR count). The molecule has 0 aliphatic heterocycles. The first-order chi connectivity index (χ1) is 8.48. The van der Waals surface area contributed by atoms with Crippen LogP contribution in [0.1, 0.15) is 5.69 Å². The van der Waals surface area contributed by atoms with Gasteiger partial charge in [0.25, 0.3) is 0 Å². The van der Waals surface area contributed by atoms with E-state index in [0.717, 1.165) is 0 Å². The number of imidazole rings is 1. The van der Waals surface area contributed by atoms with Crippen LogP contribution >= 0.6 is 0 Å². The second kappa shape index (κ2) is 4.69. The summed E-state index contributed by atoms with van der Waals surface area (Å²) in [6, 6.07) is 5.43. The summed E-state index contributed by atoms with van der Waals surface area (Å²) in [5.74, 6) is 0.0497. The summed E-state index contributed by atoms with van der Waals surface area (Å²) in [7, 11) is 0. The van der Waals surface area contributed by atoms with E-state index in [9.17, 15) is 13.2 Å². The predicted molar refractivity (Wildman–Crippen MR) is 56.6 cm³/mol. The Hall–Kier alpha value is -2.02. The molecule has 0 radical (unpaired) electrons. The lowest BCUT2D eigenvalue weighted by atomic mass is 10.2. The standard InChI is InChI=1S/C11H9F3N2O2/c12-11(13,14)18-9-3-1-2-7(4-9)10-15-5-8(6-17)16-10/h1-5,17H,6H2,(H,15,16). The molecule has 0 saturated carbocycles. The molecule has 7 heteroatoms. The third-order valence-electron chi connectivity index (χ3n) is 2.14. The fraction of sp³-hybridized carbons (Fsp3) is 0.182. The fourth-order valence-corrected chi connectivity index (χ4v) is 1.43. The largest absolute Gasteiger partial charge is 0.573 e. The number of nitrogens with zero attached hydrogens (tertiary/aromatic N) is 1. The maximum atomic E-state index is 12.1. The van der Waals surface area contributed by atoms with Gasteiger partial charge in [0.15, 0.2) is 0 Å². The van der Waals surface area contributed by atoms with Gasteiger partial charge in [0.05, 0.1) is 18.5 Å². The van der Waals surface area contributed by atoms with Crippen LogP contribution in [0.15, 0.2) is 30.5 Å². The minimum absolute atomic E-state index is 0.217. The van der Waals surface area contributed by atoms with Gasteiger partial charge in [-0.3, -0.25) is 0 Å². The molecule has 0 atom stereocenters. The van der Waals surface area contributed by atoms with Gasteiger partial charge in [0.1, 0.15) is 11.6 Å². The van der Waals surface area contributed by atoms with Crippen LogP contribution in [0.4, 0.5) is 13.2 Å². The molecule has 0 bridgehead atoms. The van der Waals surface area contributed by atoms with Gasteiger partial charge in [0, 0.05) is 5.56 Å². The smallest absolute Gasteiger partial charge is 0.406 e. The van der Waals surface area contributed by atoms with Crippen LogP contribution in [0, 0.1) is 0 Å². The van der Waals surface area contributed by atoms with Crippen molar-refractivity contribution in [2.24, 2.45) is 0 Å². The zero-order valence-electron chi connectivity index (χ0n) is 9.03. The molecule has 0 fully saturated rings. The van der Waals surface area contributed by atoms with Gasteiger partial charge in [-0.25, -0.2) is 4.98 Å². The minimum atomic E-state index is -4.72. The number of rotatable bonds is 3. The molecule has 0 unspecified atom stereocenters. The summed E-state index contributed by atoms with van der Waals surface area (Å²) < 4.78 is 40.0. The number of hydrogen-bond acceptors (Lipinski definition) is 3. The normalized spacial score (nSPS) is 11.6. The third kappa shape index (κ3) is 3.01. The maximum Gasteiger partial charge on any atom is 0.573 e. The van der Waals surface area contributed by atoms with Crippen molar-refractivity contribution in [2.75, 3.05) is 0 Å². The van der Waals surface area contributed by atoms with E-state index in [1.165, 1.54) is 24.4 Å². The average molecular weight is 258 g/mol. The Balaban J connectivity index is 2.26. The summed E-state index contributed by atoms with van der Waals surface area (Å²) in [5, 5.41) is 8.86. The monoisotopic (exact) mass is 258 g/mol. The lowest BCUT2D eigenvalue weighted by Gasteiger charge is -2.09. The Morgan fingerprint density at radius 2 is 2.11 bits per heavy atom. The van der Waals surface area contributed by atoms with Crippen LogP contribution in [0.3, 0.4) is 0 Å². The van der Waals surface area contributed by atoms with Crippen LogP contribution in [-0.4, -0.2) is 21.4 Å². The number of aromatic nitrogens is 2. The number of alkyl halides is 3. The van der Waals surface area contributed by atoms with Crippen molar-refractivity contribution >= 4 is 0 Å². The number of halogens is 3. The van der Waals surface area contributed by atoms with E-state index < -0.39 is 6.36 Å². The fourth-order valence-electron chi connectivity index (χ4n) is 1.43. The van der Waals surface area contributed by atoms with E-state index >= 15 is 0 Å². The number of nitrogens with one attached hydrogen (secondary N) is 1. The number of ether oxygens (including phenoxy) is 1. The maximum absolute atomic E-state index is 12.1. The van der Waals surface area contributed by atoms with Crippen molar-refractivity contribution < 1.29 is 23.0 Å². The molecule has 1 heterocycles. The van der Waals surface area contributed by atoms with Gasteiger partial charge in [-0.15, -0.1) is 13.2 Å². The summed E-state index contributed by atoms with van der Waals surface area (Å²) >= 11 is 0. The highest BCUT2D eigenvalue weighted by atomic mass is 19.4. The SMILES string of the molecule is OCc1cnc(-c2cccc(OC(F)(F)F)c2)[nH]1. The van der Waals surface area contributed by atoms with E-state index in [4.69, 9.17) is 5.11 Å². The zero-order chi connectivity index (χ0) is 13.2. The summed E-state index contributed by atoms with van der Waals surface area (Å²) in [6.45, 7) is -0.217. The lowest BCUT2D eigenvalue weighted by molar-refractivity contribution is -0.274. The topological polar surface area (TPSA) is 58.1 Å². The van der Waals surface area contributed by atoms with Gasteiger partial charge in [-0.1, -0.05) is 12.1 Å². The quantitative estimate of drug-likeness (QED) is 0.889. The Morgan fingerprint density at radius 3 is 2.72 bits per heavy atom. The van der Waals surface area contributed by atoms with Gasteiger partial charge in [-0.2, -0.15) is 0 Å². The molecule has 0 spiro atoms. The lowest BCUT2D eigenvalue weighted by Crippen LogP contribution is -2.17. The highest BCUT2D eigenvalue weighted by Gasteiger charge is 2.31. The van der Waals surface area contributed by atoms with Crippen LogP contribution in [0.5, 0.6) is 5.75 Å². The summed E-state index contributed by atoms with van der Waals surface area (Å²) in [4.78, 5) is 6.71. The van der Waals surface area contributed by atoms with E-state index in [2.05, 4.69) is 14.7 Å². The first-order valence-electron chi connectivity index (χ1n) is 4.99. The summed E-state index contributed by atoms with van der Waals surface area (Å²) in [5.41, 5.74) is 0.920. The second-order valence-corrected chi connectivity index (χ2v) is 3.49. The Labute approximate surface area is 100 Å². The summed E-state index contributed by atoms with van der Waals surface area (Å²) in [6.07, 6.45) is -3.31. The number of aliphatic hydroxyl groups excluding tert-OH is 1. The van der Waals surface area contributed by atoms with Crippen LogP contribution < -0.4 is 4.74 Å². The first-order valence-corrected chi connectivity index (χ1v) is 4.99. The predicted octanol–water partition coefficient (Wildman–Crippen LogP) is 2.47. The highest BCUT2D eigenvalue weighted by Crippen LogP contribution is 2.26. The van der Waals surface area contributed by atoms with Crippen LogP contribution in [0.2, 0.25) is 0 Å². The van der Waals surface area contributed by atoms with E-state index in [0.29, 0.717) is 17.1 Å². The molecule has 18 heavy (non-hydrogen) atoms.